The van der Waals surface area contributed by atoms with E-state index in [1.54, 1.807) is 7.05 Å². The fourth-order valence-corrected chi connectivity index (χ4v) is 2.12. The molecule has 2 rings (SSSR count). The average Bonchev–Trinajstić information content (AvgIpc) is 2.38. The summed E-state index contributed by atoms with van der Waals surface area (Å²) >= 11 is 0. The SMILES string of the molecule is CCCc1cccc2c(NC)cc(C(F)F)nc12. The van der Waals surface area contributed by atoms with Gasteiger partial charge in [-0.1, -0.05) is 31.5 Å². The van der Waals surface area contributed by atoms with Gasteiger partial charge in [-0.15, -0.1) is 0 Å². The molecule has 0 saturated carbocycles. The smallest absolute Gasteiger partial charge is 0.280 e. The predicted molar refractivity (Wildman–Crippen MR) is 70.2 cm³/mol. The third kappa shape index (κ3) is 2.28. The van der Waals surface area contributed by atoms with Gasteiger partial charge in [-0.2, -0.15) is 0 Å². The summed E-state index contributed by atoms with van der Waals surface area (Å²) in [6, 6.07) is 7.22. The number of nitrogens with zero attached hydrogens (tertiary/aromatic N) is 1. The lowest BCUT2D eigenvalue weighted by Gasteiger charge is -2.11. The maximum Gasteiger partial charge on any atom is 0.280 e. The van der Waals surface area contributed by atoms with Crippen molar-refractivity contribution in [2.45, 2.75) is 26.2 Å². The Kier molecular flexibility index (Phi) is 3.75. The molecule has 2 aromatic rings. The van der Waals surface area contributed by atoms with E-state index in [1.807, 2.05) is 18.2 Å². The van der Waals surface area contributed by atoms with Gasteiger partial charge in [0.15, 0.2) is 0 Å². The van der Waals surface area contributed by atoms with Gasteiger partial charge in [-0.05, 0) is 18.1 Å². The van der Waals surface area contributed by atoms with Gasteiger partial charge in [0.2, 0.25) is 0 Å². The van der Waals surface area contributed by atoms with E-state index in [2.05, 4.69) is 17.2 Å². The number of pyridine rings is 1. The molecule has 0 saturated heterocycles. The number of rotatable bonds is 4. The lowest BCUT2D eigenvalue weighted by Crippen LogP contribution is -1.99. The van der Waals surface area contributed by atoms with Crippen LogP contribution in [0.3, 0.4) is 0 Å². The molecule has 0 radical (unpaired) electrons. The summed E-state index contributed by atoms with van der Waals surface area (Å²) < 4.78 is 25.7. The zero-order chi connectivity index (χ0) is 13.1. The van der Waals surface area contributed by atoms with E-state index in [9.17, 15) is 8.78 Å². The minimum atomic E-state index is -2.55. The minimum Gasteiger partial charge on any atom is -0.388 e. The number of hydrogen-bond donors (Lipinski definition) is 1. The highest BCUT2D eigenvalue weighted by molar-refractivity contribution is 5.93. The van der Waals surface area contributed by atoms with Crippen LogP contribution in [0, 0.1) is 0 Å². The summed E-state index contributed by atoms with van der Waals surface area (Å²) in [5.41, 5.74) is 2.24. The van der Waals surface area contributed by atoms with Crippen LogP contribution in [0.15, 0.2) is 24.3 Å². The van der Waals surface area contributed by atoms with Gasteiger partial charge in [-0.3, -0.25) is 0 Å². The number of para-hydroxylation sites is 1. The molecule has 96 valence electrons. The average molecular weight is 250 g/mol. The summed E-state index contributed by atoms with van der Waals surface area (Å²) in [6.45, 7) is 2.06. The fourth-order valence-electron chi connectivity index (χ4n) is 2.12. The molecule has 0 bridgehead atoms. The maximum atomic E-state index is 12.8. The van der Waals surface area contributed by atoms with Gasteiger partial charge >= 0.3 is 0 Å². The first-order valence-electron chi connectivity index (χ1n) is 6.05. The van der Waals surface area contributed by atoms with Crippen molar-refractivity contribution in [2.24, 2.45) is 0 Å². The Morgan fingerprint density at radius 3 is 2.72 bits per heavy atom. The summed E-state index contributed by atoms with van der Waals surface area (Å²) in [4.78, 5) is 4.11. The molecule has 1 heterocycles. The second kappa shape index (κ2) is 5.29. The van der Waals surface area contributed by atoms with Crippen LogP contribution in [0.1, 0.15) is 31.0 Å². The monoisotopic (exact) mass is 250 g/mol. The molecule has 18 heavy (non-hydrogen) atoms. The summed E-state index contributed by atoms with van der Waals surface area (Å²) in [5, 5.41) is 3.86. The quantitative estimate of drug-likeness (QED) is 0.881. The number of nitrogens with one attached hydrogen (secondary N) is 1. The molecule has 0 unspecified atom stereocenters. The molecule has 2 nitrogen and oxygen atoms in total. The number of alkyl halides is 2. The first-order valence-corrected chi connectivity index (χ1v) is 6.05. The summed E-state index contributed by atoms with van der Waals surface area (Å²) in [7, 11) is 1.73. The van der Waals surface area contributed by atoms with Crippen molar-refractivity contribution in [2.75, 3.05) is 12.4 Å². The lowest BCUT2D eigenvalue weighted by atomic mass is 10.0. The summed E-state index contributed by atoms with van der Waals surface area (Å²) in [6.07, 6.45) is -0.731. The standard InChI is InChI=1S/C14H16F2N2/c1-3-5-9-6-4-7-10-11(17-2)8-12(14(15)16)18-13(9)10/h4,6-8,14H,3,5H2,1-2H3,(H,17,18). The van der Waals surface area contributed by atoms with Gasteiger partial charge < -0.3 is 5.32 Å². The zero-order valence-electron chi connectivity index (χ0n) is 10.5. The number of anilines is 1. The highest BCUT2D eigenvalue weighted by atomic mass is 19.3. The Morgan fingerprint density at radius 1 is 1.33 bits per heavy atom. The Bertz CT molecular complexity index is 553. The van der Waals surface area contributed by atoms with E-state index < -0.39 is 6.43 Å². The highest BCUT2D eigenvalue weighted by Gasteiger charge is 2.14. The van der Waals surface area contributed by atoms with E-state index in [0.717, 1.165) is 23.8 Å². The van der Waals surface area contributed by atoms with Crippen molar-refractivity contribution in [3.8, 4) is 0 Å². The molecular formula is C14H16F2N2. The molecule has 0 aliphatic heterocycles. The van der Waals surface area contributed by atoms with Crippen molar-refractivity contribution >= 4 is 16.6 Å². The molecule has 0 amide bonds. The van der Waals surface area contributed by atoms with Crippen LogP contribution >= 0.6 is 0 Å². The molecule has 1 aromatic carbocycles. The van der Waals surface area contributed by atoms with Gasteiger partial charge in [0.05, 0.1) is 5.52 Å². The number of benzene rings is 1. The normalized spacial score (nSPS) is 11.2. The molecule has 1 N–H and O–H groups in total. The molecule has 0 atom stereocenters. The van der Waals surface area contributed by atoms with Crippen LogP contribution < -0.4 is 5.32 Å². The van der Waals surface area contributed by atoms with E-state index in [1.165, 1.54) is 6.07 Å². The second-order valence-electron chi connectivity index (χ2n) is 4.21. The van der Waals surface area contributed by atoms with Crippen molar-refractivity contribution < 1.29 is 8.78 Å². The van der Waals surface area contributed by atoms with Crippen LogP contribution in [0.2, 0.25) is 0 Å². The van der Waals surface area contributed by atoms with E-state index in [-0.39, 0.29) is 5.69 Å². The third-order valence-corrected chi connectivity index (χ3v) is 2.96. The van der Waals surface area contributed by atoms with Crippen molar-refractivity contribution in [3.05, 3.63) is 35.5 Å². The summed E-state index contributed by atoms with van der Waals surface area (Å²) in [5.74, 6) is 0. The van der Waals surface area contributed by atoms with Crippen molar-refractivity contribution in [1.29, 1.82) is 0 Å². The Balaban J connectivity index is 2.71. The predicted octanol–water partition coefficient (Wildman–Crippen LogP) is 4.17. The van der Waals surface area contributed by atoms with Crippen LogP contribution in [0.4, 0.5) is 14.5 Å². The molecule has 0 aliphatic rings. The number of fused-ring (bicyclic) bond motifs is 1. The molecule has 0 aliphatic carbocycles. The van der Waals surface area contributed by atoms with Crippen LogP contribution in [0.5, 0.6) is 0 Å². The largest absolute Gasteiger partial charge is 0.388 e. The van der Waals surface area contributed by atoms with Gasteiger partial charge in [0.25, 0.3) is 6.43 Å². The number of halogens is 2. The Hall–Kier alpha value is -1.71. The van der Waals surface area contributed by atoms with Gasteiger partial charge in [0, 0.05) is 18.1 Å². The van der Waals surface area contributed by atoms with Crippen LogP contribution in [-0.4, -0.2) is 12.0 Å². The Morgan fingerprint density at radius 2 is 2.11 bits per heavy atom. The van der Waals surface area contributed by atoms with E-state index >= 15 is 0 Å². The zero-order valence-corrected chi connectivity index (χ0v) is 10.5. The highest BCUT2D eigenvalue weighted by Crippen LogP contribution is 2.29. The third-order valence-electron chi connectivity index (χ3n) is 2.96. The Labute approximate surface area is 105 Å². The molecule has 0 spiro atoms. The number of aryl methyl sites for hydroxylation is 1. The van der Waals surface area contributed by atoms with E-state index in [4.69, 9.17) is 0 Å². The van der Waals surface area contributed by atoms with Crippen LogP contribution in [0.25, 0.3) is 10.9 Å². The number of hydrogen-bond acceptors (Lipinski definition) is 2. The minimum absolute atomic E-state index is 0.171. The first kappa shape index (κ1) is 12.7. The lowest BCUT2D eigenvalue weighted by molar-refractivity contribution is 0.146. The van der Waals surface area contributed by atoms with Crippen LogP contribution in [-0.2, 0) is 6.42 Å². The second-order valence-corrected chi connectivity index (χ2v) is 4.21. The van der Waals surface area contributed by atoms with E-state index in [0.29, 0.717) is 11.2 Å². The first-order chi connectivity index (χ1) is 8.67. The van der Waals surface area contributed by atoms with Gasteiger partial charge in [0.1, 0.15) is 5.69 Å². The molecule has 4 heteroatoms. The van der Waals surface area contributed by atoms with Gasteiger partial charge in [-0.25, -0.2) is 13.8 Å². The molecule has 0 fully saturated rings. The topological polar surface area (TPSA) is 24.9 Å². The molecule has 1 aromatic heterocycles. The maximum absolute atomic E-state index is 12.8. The number of aromatic nitrogens is 1. The fraction of sp³-hybridized carbons (Fsp3) is 0.357. The molecular weight excluding hydrogens is 234 g/mol. The van der Waals surface area contributed by atoms with Crippen molar-refractivity contribution in [3.63, 3.8) is 0 Å². The van der Waals surface area contributed by atoms with Crippen molar-refractivity contribution in [1.82, 2.24) is 4.98 Å².